The molecule has 1 amide bonds. The molecule has 2 heterocycles. The fourth-order valence-electron chi connectivity index (χ4n) is 2.12. The topological polar surface area (TPSA) is 81.8 Å². The molecule has 0 aliphatic rings. The van der Waals surface area contributed by atoms with E-state index < -0.39 is 5.56 Å². The standard InChI is InChI=1S/C16H13Cl2N5O2/c17-13-8-21-23(16(25)15(13)18)10-14(24)19-6-11-7-20-22(9-11)12-4-2-1-3-5-12/h1-5,7-9H,6,10H2,(H,19,24). The maximum atomic E-state index is 12.0. The van der Waals surface area contributed by atoms with E-state index in [-0.39, 0.29) is 29.0 Å². The number of halogens is 2. The summed E-state index contributed by atoms with van der Waals surface area (Å²) in [6, 6.07) is 9.61. The Balaban J connectivity index is 1.61. The van der Waals surface area contributed by atoms with Gasteiger partial charge in [-0.1, -0.05) is 41.4 Å². The smallest absolute Gasteiger partial charge is 0.287 e. The molecule has 0 bridgehead atoms. The molecule has 0 fully saturated rings. The van der Waals surface area contributed by atoms with E-state index >= 15 is 0 Å². The van der Waals surface area contributed by atoms with Crippen LogP contribution in [0.1, 0.15) is 5.56 Å². The monoisotopic (exact) mass is 377 g/mol. The van der Waals surface area contributed by atoms with Gasteiger partial charge in [-0.2, -0.15) is 10.2 Å². The van der Waals surface area contributed by atoms with Gasteiger partial charge < -0.3 is 5.32 Å². The molecule has 0 radical (unpaired) electrons. The van der Waals surface area contributed by atoms with Crippen LogP contribution in [0.2, 0.25) is 10.0 Å². The molecule has 0 atom stereocenters. The van der Waals surface area contributed by atoms with Crippen LogP contribution in [-0.4, -0.2) is 25.5 Å². The Bertz CT molecular complexity index is 953. The van der Waals surface area contributed by atoms with Gasteiger partial charge in [-0.05, 0) is 12.1 Å². The summed E-state index contributed by atoms with van der Waals surface area (Å²) in [4.78, 5) is 23.8. The van der Waals surface area contributed by atoms with Gasteiger partial charge in [-0.15, -0.1) is 0 Å². The van der Waals surface area contributed by atoms with Gasteiger partial charge in [0.2, 0.25) is 5.91 Å². The molecule has 0 saturated carbocycles. The third-order valence-electron chi connectivity index (χ3n) is 3.38. The van der Waals surface area contributed by atoms with Crippen molar-refractivity contribution < 1.29 is 4.79 Å². The van der Waals surface area contributed by atoms with Gasteiger partial charge >= 0.3 is 0 Å². The molecule has 1 aromatic carbocycles. The minimum Gasteiger partial charge on any atom is -0.350 e. The number of hydrogen-bond donors (Lipinski definition) is 1. The van der Waals surface area contributed by atoms with Crippen molar-refractivity contribution in [2.75, 3.05) is 0 Å². The minimum atomic E-state index is -0.610. The molecular formula is C16H13Cl2N5O2. The molecule has 7 nitrogen and oxygen atoms in total. The summed E-state index contributed by atoms with van der Waals surface area (Å²) >= 11 is 11.5. The molecule has 128 valence electrons. The average Bonchev–Trinajstić information content (AvgIpc) is 3.10. The maximum Gasteiger partial charge on any atom is 0.287 e. The number of carbonyl (C=O) groups is 1. The summed E-state index contributed by atoms with van der Waals surface area (Å²) in [6.07, 6.45) is 4.71. The molecule has 0 unspecified atom stereocenters. The Morgan fingerprint density at radius 3 is 2.64 bits per heavy atom. The number of rotatable bonds is 5. The molecule has 0 saturated heterocycles. The van der Waals surface area contributed by atoms with Crippen molar-refractivity contribution in [3.05, 3.63) is 74.9 Å². The van der Waals surface area contributed by atoms with Crippen LogP contribution >= 0.6 is 23.2 Å². The Morgan fingerprint density at radius 2 is 1.88 bits per heavy atom. The molecule has 2 aromatic heterocycles. The van der Waals surface area contributed by atoms with Crippen LogP contribution in [-0.2, 0) is 17.9 Å². The van der Waals surface area contributed by atoms with E-state index in [1.165, 1.54) is 6.20 Å². The van der Waals surface area contributed by atoms with Crippen LogP contribution < -0.4 is 10.9 Å². The predicted molar refractivity (Wildman–Crippen MR) is 93.9 cm³/mol. The lowest BCUT2D eigenvalue weighted by atomic mass is 10.3. The highest BCUT2D eigenvalue weighted by Crippen LogP contribution is 2.14. The first-order valence-electron chi connectivity index (χ1n) is 7.31. The lowest BCUT2D eigenvalue weighted by Crippen LogP contribution is -2.33. The summed E-state index contributed by atoms with van der Waals surface area (Å²) in [5, 5.41) is 10.6. The summed E-state index contributed by atoms with van der Waals surface area (Å²) in [5.41, 5.74) is 1.14. The lowest BCUT2D eigenvalue weighted by molar-refractivity contribution is -0.122. The molecule has 3 rings (SSSR count). The zero-order chi connectivity index (χ0) is 17.8. The lowest BCUT2D eigenvalue weighted by Gasteiger charge is -2.06. The first-order chi connectivity index (χ1) is 12.0. The first kappa shape index (κ1) is 17.2. The van der Waals surface area contributed by atoms with E-state index in [1.54, 1.807) is 10.9 Å². The van der Waals surface area contributed by atoms with Crippen molar-refractivity contribution in [3.63, 3.8) is 0 Å². The predicted octanol–water partition coefficient (Wildman–Crippen LogP) is 2.05. The number of amides is 1. The molecule has 0 aliphatic heterocycles. The molecule has 25 heavy (non-hydrogen) atoms. The summed E-state index contributed by atoms with van der Waals surface area (Å²) in [6.45, 7) is 0.0320. The summed E-state index contributed by atoms with van der Waals surface area (Å²) in [5.74, 6) is -0.375. The van der Waals surface area contributed by atoms with Gasteiger partial charge in [0.25, 0.3) is 5.56 Å². The normalized spacial score (nSPS) is 10.6. The maximum absolute atomic E-state index is 12.0. The first-order valence-corrected chi connectivity index (χ1v) is 8.07. The zero-order valence-electron chi connectivity index (χ0n) is 12.9. The summed E-state index contributed by atoms with van der Waals surface area (Å²) in [7, 11) is 0. The van der Waals surface area contributed by atoms with Gasteiger partial charge in [0.15, 0.2) is 0 Å². The highest BCUT2D eigenvalue weighted by Gasteiger charge is 2.11. The second-order valence-corrected chi connectivity index (χ2v) is 5.96. The number of nitrogens with one attached hydrogen (secondary N) is 1. The van der Waals surface area contributed by atoms with Gasteiger partial charge in [-0.3, -0.25) is 9.59 Å². The van der Waals surface area contributed by atoms with Crippen molar-refractivity contribution in [1.29, 1.82) is 0 Å². The van der Waals surface area contributed by atoms with Crippen molar-refractivity contribution in [2.24, 2.45) is 0 Å². The van der Waals surface area contributed by atoms with Crippen molar-refractivity contribution in [3.8, 4) is 5.69 Å². The Hall–Kier alpha value is -2.64. The number of carbonyl (C=O) groups excluding carboxylic acids is 1. The van der Waals surface area contributed by atoms with E-state index in [2.05, 4.69) is 15.5 Å². The van der Waals surface area contributed by atoms with Crippen LogP contribution in [0.4, 0.5) is 0 Å². The highest BCUT2D eigenvalue weighted by molar-refractivity contribution is 6.41. The van der Waals surface area contributed by atoms with Crippen LogP contribution in [0.3, 0.4) is 0 Å². The van der Waals surface area contributed by atoms with Gasteiger partial charge in [-0.25, -0.2) is 9.36 Å². The Morgan fingerprint density at radius 1 is 1.12 bits per heavy atom. The van der Waals surface area contributed by atoms with Crippen LogP contribution in [0, 0.1) is 0 Å². The molecule has 0 aliphatic carbocycles. The second kappa shape index (κ2) is 7.50. The van der Waals surface area contributed by atoms with E-state index in [4.69, 9.17) is 23.2 Å². The minimum absolute atomic E-state index is 0.0525. The molecule has 0 spiro atoms. The van der Waals surface area contributed by atoms with Crippen LogP contribution in [0.15, 0.2) is 53.7 Å². The Labute approximate surface area is 152 Å². The summed E-state index contributed by atoms with van der Waals surface area (Å²) < 4.78 is 2.67. The van der Waals surface area contributed by atoms with Crippen molar-refractivity contribution in [2.45, 2.75) is 13.1 Å². The largest absolute Gasteiger partial charge is 0.350 e. The average molecular weight is 378 g/mol. The quantitative estimate of drug-likeness (QED) is 0.737. The molecular weight excluding hydrogens is 365 g/mol. The Kier molecular flexibility index (Phi) is 5.16. The highest BCUT2D eigenvalue weighted by atomic mass is 35.5. The number of para-hydroxylation sites is 1. The molecule has 1 N–H and O–H groups in total. The fourth-order valence-corrected chi connectivity index (χ4v) is 2.39. The SMILES string of the molecule is O=C(Cn1ncc(Cl)c(Cl)c1=O)NCc1cnn(-c2ccccc2)c1. The fraction of sp³-hybridized carbons (Fsp3) is 0.125. The third-order valence-corrected chi connectivity index (χ3v) is 4.13. The van der Waals surface area contributed by atoms with Crippen LogP contribution in [0.5, 0.6) is 0 Å². The van der Waals surface area contributed by atoms with E-state index in [0.29, 0.717) is 0 Å². The van der Waals surface area contributed by atoms with Gasteiger partial charge in [0.1, 0.15) is 11.6 Å². The van der Waals surface area contributed by atoms with E-state index in [1.807, 2.05) is 36.5 Å². The van der Waals surface area contributed by atoms with Crippen molar-refractivity contribution in [1.82, 2.24) is 24.9 Å². The van der Waals surface area contributed by atoms with Gasteiger partial charge in [0, 0.05) is 18.3 Å². The van der Waals surface area contributed by atoms with Crippen LogP contribution in [0.25, 0.3) is 5.69 Å². The molecule has 9 heteroatoms. The van der Waals surface area contributed by atoms with Gasteiger partial charge in [0.05, 0.1) is 23.1 Å². The van der Waals surface area contributed by atoms with E-state index in [9.17, 15) is 9.59 Å². The molecule has 3 aromatic rings. The van der Waals surface area contributed by atoms with E-state index in [0.717, 1.165) is 15.9 Å². The third kappa shape index (κ3) is 4.07. The number of nitrogens with zero attached hydrogens (tertiary/aromatic N) is 4. The number of hydrogen-bond acceptors (Lipinski definition) is 4. The zero-order valence-corrected chi connectivity index (χ0v) is 14.4. The second-order valence-electron chi connectivity index (χ2n) is 5.17. The van der Waals surface area contributed by atoms with Crippen molar-refractivity contribution >= 4 is 29.1 Å². The number of aromatic nitrogens is 4. The number of benzene rings is 1.